The summed E-state index contributed by atoms with van der Waals surface area (Å²) in [7, 11) is 0. The summed E-state index contributed by atoms with van der Waals surface area (Å²) in [5.74, 6) is 0.672. The molecule has 2 atom stereocenters. The van der Waals surface area contributed by atoms with Crippen molar-refractivity contribution in [1.29, 1.82) is 0 Å². The molecule has 0 aromatic heterocycles. The molecule has 0 amide bonds. The lowest BCUT2D eigenvalue weighted by Crippen LogP contribution is -2.56. The van der Waals surface area contributed by atoms with Gasteiger partial charge < -0.3 is 16.2 Å². The van der Waals surface area contributed by atoms with E-state index >= 15 is 0 Å². The van der Waals surface area contributed by atoms with E-state index in [2.05, 4.69) is 26.1 Å². The molecule has 0 saturated heterocycles. The lowest BCUT2D eigenvalue weighted by atomic mass is 9.64. The van der Waals surface area contributed by atoms with Crippen molar-refractivity contribution in [2.75, 3.05) is 19.7 Å². The van der Waals surface area contributed by atoms with E-state index in [-0.39, 0.29) is 12.1 Å². The number of aliphatic hydroxyl groups excluding tert-OH is 1. The zero-order valence-electron chi connectivity index (χ0n) is 10.3. The standard InChI is InChI=1S/C12H26N2O/c1-10-6-11(2,3)8-12(7-10,9-15)14-5-4-13/h10,14-15H,4-9,13H2,1-3H3. The highest BCUT2D eigenvalue weighted by Gasteiger charge is 2.41. The average Bonchev–Trinajstić information content (AvgIpc) is 2.11. The Bertz CT molecular complexity index is 206. The molecular weight excluding hydrogens is 188 g/mol. The van der Waals surface area contributed by atoms with Gasteiger partial charge in [-0.25, -0.2) is 0 Å². The van der Waals surface area contributed by atoms with Crippen LogP contribution in [0.2, 0.25) is 0 Å². The van der Waals surface area contributed by atoms with Crippen molar-refractivity contribution in [2.24, 2.45) is 17.1 Å². The second-order valence-corrected chi connectivity index (χ2v) is 6.01. The van der Waals surface area contributed by atoms with Crippen molar-refractivity contribution in [1.82, 2.24) is 5.32 Å². The molecule has 4 N–H and O–H groups in total. The maximum atomic E-state index is 9.61. The third kappa shape index (κ3) is 3.44. The minimum Gasteiger partial charge on any atom is -0.394 e. The molecule has 0 spiro atoms. The molecular formula is C12H26N2O. The predicted octanol–water partition coefficient (Wildman–Crippen LogP) is 1.11. The smallest absolute Gasteiger partial charge is 0.0613 e. The van der Waals surface area contributed by atoms with Crippen LogP contribution in [0.25, 0.3) is 0 Å². The second-order valence-electron chi connectivity index (χ2n) is 6.01. The Kier molecular flexibility index (Phi) is 4.15. The van der Waals surface area contributed by atoms with Gasteiger partial charge >= 0.3 is 0 Å². The molecule has 0 radical (unpaired) electrons. The molecule has 1 fully saturated rings. The molecule has 3 nitrogen and oxygen atoms in total. The van der Waals surface area contributed by atoms with E-state index in [4.69, 9.17) is 5.73 Å². The van der Waals surface area contributed by atoms with Gasteiger partial charge in [0.1, 0.15) is 0 Å². The number of nitrogens with two attached hydrogens (primary N) is 1. The minimum atomic E-state index is -0.0967. The van der Waals surface area contributed by atoms with Crippen LogP contribution in [0.4, 0.5) is 0 Å². The summed E-state index contributed by atoms with van der Waals surface area (Å²) in [6, 6.07) is 0. The highest BCUT2D eigenvalue weighted by atomic mass is 16.3. The largest absolute Gasteiger partial charge is 0.394 e. The first-order chi connectivity index (χ1) is 6.93. The summed E-state index contributed by atoms with van der Waals surface area (Å²) in [6.45, 7) is 8.50. The maximum absolute atomic E-state index is 9.61. The molecule has 90 valence electrons. The summed E-state index contributed by atoms with van der Waals surface area (Å²) in [4.78, 5) is 0. The molecule has 0 aliphatic heterocycles. The lowest BCUT2D eigenvalue weighted by molar-refractivity contribution is 0.0373. The van der Waals surface area contributed by atoms with Gasteiger partial charge in [0.05, 0.1) is 6.61 Å². The normalized spacial score (nSPS) is 35.4. The SMILES string of the molecule is CC1CC(C)(C)CC(CO)(NCCN)C1. The quantitative estimate of drug-likeness (QED) is 0.657. The van der Waals surface area contributed by atoms with E-state index in [9.17, 15) is 5.11 Å². The topological polar surface area (TPSA) is 58.3 Å². The van der Waals surface area contributed by atoms with Crippen LogP contribution in [0.5, 0.6) is 0 Å². The Morgan fingerprint density at radius 1 is 1.40 bits per heavy atom. The monoisotopic (exact) mass is 214 g/mol. The molecule has 0 heterocycles. The fraction of sp³-hybridized carbons (Fsp3) is 1.00. The minimum absolute atomic E-state index is 0.0967. The molecule has 2 unspecified atom stereocenters. The van der Waals surface area contributed by atoms with E-state index < -0.39 is 0 Å². The number of aliphatic hydroxyl groups is 1. The molecule has 15 heavy (non-hydrogen) atoms. The van der Waals surface area contributed by atoms with Gasteiger partial charge in [-0.05, 0) is 30.6 Å². The molecule has 0 aromatic rings. The van der Waals surface area contributed by atoms with Gasteiger partial charge in [-0.1, -0.05) is 20.8 Å². The van der Waals surface area contributed by atoms with Crippen molar-refractivity contribution in [3.63, 3.8) is 0 Å². The first-order valence-electron chi connectivity index (χ1n) is 5.99. The van der Waals surface area contributed by atoms with Gasteiger partial charge in [-0.2, -0.15) is 0 Å². The third-order valence-corrected chi connectivity index (χ3v) is 3.40. The molecule has 0 aromatic carbocycles. The molecule has 1 aliphatic carbocycles. The van der Waals surface area contributed by atoms with Gasteiger partial charge in [0.2, 0.25) is 0 Å². The van der Waals surface area contributed by atoms with E-state index in [1.165, 1.54) is 6.42 Å². The van der Waals surface area contributed by atoms with Crippen molar-refractivity contribution >= 4 is 0 Å². The number of rotatable bonds is 4. The molecule has 0 bridgehead atoms. The first-order valence-corrected chi connectivity index (χ1v) is 5.99. The zero-order valence-corrected chi connectivity index (χ0v) is 10.3. The maximum Gasteiger partial charge on any atom is 0.0613 e. The summed E-state index contributed by atoms with van der Waals surface area (Å²) in [5, 5.41) is 13.1. The van der Waals surface area contributed by atoms with Crippen molar-refractivity contribution in [2.45, 2.75) is 45.6 Å². The summed E-state index contributed by atoms with van der Waals surface area (Å²) >= 11 is 0. The summed E-state index contributed by atoms with van der Waals surface area (Å²) < 4.78 is 0. The molecule has 1 saturated carbocycles. The van der Waals surface area contributed by atoms with Crippen LogP contribution in [0, 0.1) is 11.3 Å². The molecule has 3 heteroatoms. The Balaban J connectivity index is 2.70. The van der Waals surface area contributed by atoms with E-state index in [0.29, 0.717) is 17.9 Å². The Hall–Kier alpha value is -0.120. The van der Waals surface area contributed by atoms with Gasteiger partial charge in [-0.15, -0.1) is 0 Å². The van der Waals surface area contributed by atoms with Crippen LogP contribution in [0.3, 0.4) is 0 Å². The number of hydrogen-bond donors (Lipinski definition) is 3. The fourth-order valence-electron chi connectivity index (χ4n) is 3.39. The Labute approximate surface area is 93.4 Å². The Morgan fingerprint density at radius 3 is 2.53 bits per heavy atom. The van der Waals surface area contributed by atoms with Gasteiger partial charge in [-0.3, -0.25) is 0 Å². The lowest BCUT2D eigenvalue weighted by Gasteiger charge is -2.47. The van der Waals surface area contributed by atoms with Crippen LogP contribution >= 0.6 is 0 Å². The fourth-order valence-corrected chi connectivity index (χ4v) is 3.39. The molecule has 1 aliphatic rings. The highest BCUT2D eigenvalue weighted by Crippen LogP contribution is 2.43. The van der Waals surface area contributed by atoms with Crippen molar-refractivity contribution in [3.8, 4) is 0 Å². The van der Waals surface area contributed by atoms with Crippen LogP contribution in [-0.4, -0.2) is 30.3 Å². The first kappa shape index (κ1) is 12.9. The predicted molar refractivity (Wildman–Crippen MR) is 63.7 cm³/mol. The van der Waals surface area contributed by atoms with Crippen LogP contribution in [-0.2, 0) is 0 Å². The highest BCUT2D eigenvalue weighted by molar-refractivity contribution is 4.98. The van der Waals surface area contributed by atoms with Crippen molar-refractivity contribution in [3.05, 3.63) is 0 Å². The average molecular weight is 214 g/mol. The summed E-state index contributed by atoms with van der Waals surface area (Å²) in [5.41, 5.74) is 5.74. The van der Waals surface area contributed by atoms with Gasteiger partial charge in [0, 0.05) is 18.6 Å². The van der Waals surface area contributed by atoms with E-state index in [0.717, 1.165) is 19.4 Å². The third-order valence-electron chi connectivity index (χ3n) is 3.40. The van der Waals surface area contributed by atoms with Crippen molar-refractivity contribution < 1.29 is 5.11 Å². The van der Waals surface area contributed by atoms with E-state index in [1.54, 1.807) is 0 Å². The van der Waals surface area contributed by atoms with Gasteiger partial charge in [0.25, 0.3) is 0 Å². The van der Waals surface area contributed by atoms with Crippen LogP contribution < -0.4 is 11.1 Å². The summed E-state index contributed by atoms with van der Waals surface area (Å²) in [6.07, 6.45) is 3.35. The van der Waals surface area contributed by atoms with Crippen LogP contribution in [0.1, 0.15) is 40.0 Å². The van der Waals surface area contributed by atoms with Crippen LogP contribution in [0.15, 0.2) is 0 Å². The Morgan fingerprint density at radius 2 is 2.07 bits per heavy atom. The zero-order chi connectivity index (χ0) is 11.5. The van der Waals surface area contributed by atoms with Gasteiger partial charge in [0.15, 0.2) is 0 Å². The number of hydrogen-bond acceptors (Lipinski definition) is 3. The number of nitrogens with one attached hydrogen (secondary N) is 1. The second kappa shape index (κ2) is 4.81. The molecule has 1 rings (SSSR count). The van der Waals surface area contributed by atoms with E-state index in [1.807, 2.05) is 0 Å².